The van der Waals surface area contributed by atoms with Crippen molar-refractivity contribution in [3.63, 3.8) is 0 Å². The van der Waals surface area contributed by atoms with Crippen LogP contribution in [0.5, 0.6) is 0 Å². The fourth-order valence-corrected chi connectivity index (χ4v) is 7.36. The second kappa shape index (κ2) is 6.47. The van der Waals surface area contributed by atoms with E-state index in [0.717, 1.165) is 12.8 Å². The quantitative estimate of drug-likeness (QED) is 0.584. The van der Waals surface area contributed by atoms with Gasteiger partial charge in [-0.25, -0.2) is 8.42 Å². The molecule has 1 aliphatic heterocycles. The molecule has 0 unspecified atom stereocenters. The van der Waals surface area contributed by atoms with Crippen molar-refractivity contribution >= 4 is 15.4 Å². The highest BCUT2D eigenvalue weighted by atomic mass is 32.2. The summed E-state index contributed by atoms with van der Waals surface area (Å²) in [5.41, 5.74) is 5.87. The van der Waals surface area contributed by atoms with E-state index < -0.39 is 19.3 Å². The third kappa shape index (κ3) is 3.64. The molecular weight excluding hydrogens is 352 g/mol. The van der Waals surface area contributed by atoms with Crippen LogP contribution in [-0.2, 0) is 9.84 Å². The van der Waals surface area contributed by atoms with E-state index in [9.17, 15) is 8.42 Å². The van der Waals surface area contributed by atoms with Crippen LogP contribution in [0.4, 0.5) is 0 Å². The van der Waals surface area contributed by atoms with E-state index in [2.05, 4.69) is 45.0 Å². The molecular formula is C24H36O2S. The largest absolute Gasteiger partial charge is 0.228 e. The first kappa shape index (κ1) is 20.6. The zero-order chi connectivity index (χ0) is 20.3. The summed E-state index contributed by atoms with van der Waals surface area (Å²) in [7, 11) is -3.14. The van der Waals surface area contributed by atoms with Crippen LogP contribution in [0.1, 0.15) is 96.3 Å². The summed E-state index contributed by atoms with van der Waals surface area (Å²) < 4.78 is 24.5. The third-order valence-corrected chi connectivity index (χ3v) is 10.2. The van der Waals surface area contributed by atoms with Gasteiger partial charge >= 0.3 is 0 Å². The van der Waals surface area contributed by atoms with E-state index in [-0.39, 0.29) is 0 Å². The summed E-state index contributed by atoms with van der Waals surface area (Å²) in [6, 6.07) is 6.81. The van der Waals surface area contributed by atoms with Gasteiger partial charge in [-0.05, 0) is 100 Å². The molecule has 3 rings (SSSR count). The van der Waals surface area contributed by atoms with Gasteiger partial charge in [0.05, 0.1) is 9.49 Å². The minimum absolute atomic E-state index is 0.290. The van der Waals surface area contributed by atoms with Crippen LogP contribution in [0, 0.1) is 12.3 Å². The maximum absolute atomic E-state index is 13.0. The van der Waals surface area contributed by atoms with Crippen molar-refractivity contribution < 1.29 is 8.42 Å². The molecule has 0 amide bonds. The summed E-state index contributed by atoms with van der Waals surface area (Å²) in [5, 5.41) is 0. The van der Waals surface area contributed by atoms with Crippen LogP contribution < -0.4 is 0 Å². The topological polar surface area (TPSA) is 34.1 Å². The Labute approximate surface area is 166 Å². The number of aryl methyl sites for hydroxylation is 1. The molecule has 1 fully saturated rings. The molecule has 1 aromatic carbocycles. The van der Waals surface area contributed by atoms with Crippen molar-refractivity contribution in [2.24, 2.45) is 5.41 Å². The first-order valence-electron chi connectivity index (χ1n) is 10.3. The summed E-state index contributed by atoms with van der Waals surface area (Å²) in [5.74, 6) is 0.290. The number of allylic oxidation sites excluding steroid dienone is 2. The number of hydrogen-bond donors (Lipinski definition) is 0. The van der Waals surface area contributed by atoms with Crippen LogP contribution in [0.3, 0.4) is 0 Å². The smallest absolute Gasteiger partial charge is 0.160 e. The highest BCUT2D eigenvalue weighted by molar-refractivity contribution is 7.94. The Morgan fingerprint density at radius 1 is 0.963 bits per heavy atom. The Morgan fingerprint density at radius 2 is 1.56 bits per heavy atom. The molecule has 0 radical (unpaired) electrons. The molecule has 0 saturated carbocycles. The lowest BCUT2D eigenvalue weighted by atomic mass is 9.75. The molecule has 1 heterocycles. The Hall–Kier alpha value is -1.09. The molecule has 1 saturated heterocycles. The zero-order valence-electron chi connectivity index (χ0n) is 18.1. The first-order chi connectivity index (χ1) is 12.3. The average Bonchev–Trinajstić information content (AvgIpc) is 2.53. The molecule has 0 aromatic heterocycles. The van der Waals surface area contributed by atoms with Crippen LogP contribution in [-0.4, -0.2) is 17.9 Å². The summed E-state index contributed by atoms with van der Waals surface area (Å²) in [6.45, 7) is 14.5. The van der Waals surface area contributed by atoms with Gasteiger partial charge in [0, 0.05) is 0 Å². The van der Waals surface area contributed by atoms with Crippen molar-refractivity contribution in [2.45, 2.75) is 96.0 Å². The molecule has 1 aliphatic carbocycles. The predicted octanol–water partition coefficient (Wildman–Crippen LogP) is 6.44. The van der Waals surface area contributed by atoms with Gasteiger partial charge < -0.3 is 0 Å². The number of hydrogen-bond acceptors (Lipinski definition) is 2. The fourth-order valence-electron chi connectivity index (χ4n) is 5.02. The maximum atomic E-state index is 13.0. The van der Waals surface area contributed by atoms with Gasteiger partial charge in [-0.2, -0.15) is 0 Å². The van der Waals surface area contributed by atoms with Gasteiger partial charge in [-0.15, -0.1) is 0 Å². The molecule has 2 aliphatic rings. The standard InChI is InChI=1S/C24H36O2S/c1-17-8-9-19(14-21(17)18-10-12-22(2,3)13-11-18)20-15-23(4,5)27(25,26)24(6,7)16-20/h8-10,14,20H,11-13,15-16H2,1-7H3. The molecule has 150 valence electrons. The van der Waals surface area contributed by atoms with E-state index in [1.807, 2.05) is 27.7 Å². The Morgan fingerprint density at radius 3 is 2.07 bits per heavy atom. The van der Waals surface area contributed by atoms with Gasteiger partial charge in [0.15, 0.2) is 9.84 Å². The molecule has 3 heteroatoms. The van der Waals surface area contributed by atoms with Gasteiger partial charge in [0.2, 0.25) is 0 Å². The van der Waals surface area contributed by atoms with Crippen LogP contribution >= 0.6 is 0 Å². The summed E-state index contributed by atoms with van der Waals surface area (Å²) in [6.07, 6.45) is 7.32. The molecule has 27 heavy (non-hydrogen) atoms. The monoisotopic (exact) mass is 388 g/mol. The second-order valence-electron chi connectivity index (χ2n) is 10.8. The van der Waals surface area contributed by atoms with E-state index in [0.29, 0.717) is 24.2 Å². The second-order valence-corrected chi connectivity index (χ2v) is 14.0. The zero-order valence-corrected chi connectivity index (χ0v) is 19.0. The van der Waals surface area contributed by atoms with E-state index >= 15 is 0 Å². The number of rotatable bonds is 2. The highest BCUT2D eigenvalue weighted by Gasteiger charge is 2.52. The average molecular weight is 389 g/mol. The molecule has 1 aromatic rings. The number of sulfone groups is 1. The Bertz CT molecular complexity index is 846. The van der Waals surface area contributed by atoms with E-state index in [4.69, 9.17) is 0 Å². The van der Waals surface area contributed by atoms with Crippen molar-refractivity contribution in [3.05, 3.63) is 41.0 Å². The lowest BCUT2D eigenvalue weighted by Crippen LogP contribution is -2.51. The van der Waals surface area contributed by atoms with E-state index in [1.54, 1.807) is 0 Å². The molecule has 2 nitrogen and oxygen atoms in total. The molecule has 0 N–H and O–H groups in total. The fraction of sp³-hybridized carbons (Fsp3) is 0.667. The van der Waals surface area contributed by atoms with Crippen molar-refractivity contribution in [1.82, 2.24) is 0 Å². The maximum Gasteiger partial charge on any atom is 0.160 e. The molecule has 0 spiro atoms. The molecule has 0 atom stereocenters. The lowest BCUT2D eigenvalue weighted by molar-refractivity contribution is 0.335. The van der Waals surface area contributed by atoms with Crippen LogP contribution in [0.15, 0.2) is 24.3 Å². The minimum Gasteiger partial charge on any atom is -0.228 e. The van der Waals surface area contributed by atoms with Crippen molar-refractivity contribution in [2.75, 3.05) is 0 Å². The Balaban J connectivity index is 1.97. The normalized spacial score (nSPS) is 26.4. The summed E-state index contributed by atoms with van der Waals surface area (Å²) in [4.78, 5) is 0. The van der Waals surface area contributed by atoms with Crippen LogP contribution in [0.2, 0.25) is 0 Å². The van der Waals surface area contributed by atoms with Gasteiger partial charge in [0.25, 0.3) is 0 Å². The third-order valence-electron chi connectivity index (χ3n) is 6.98. The minimum atomic E-state index is -3.14. The van der Waals surface area contributed by atoms with E-state index in [1.165, 1.54) is 28.7 Å². The SMILES string of the molecule is Cc1ccc(C2CC(C)(C)S(=O)(=O)C(C)(C)C2)cc1C1=CCC(C)(C)CC1. The van der Waals surface area contributed by atoms with Gasteiger partial charge in [-0.1, -0.05) is 38.1 Å². The van der Waals surface area contributed by atoms with Crippen LogP contribution in [0.25, 0.3) is 5.57 Å². The first-order valence-corrected chi connectivity index (χ1v) is 11.8. The van der Waals surface area contributed by atoms with Crippen molar-refractivity contribution in [1.29, 1.82) is 0 Å². The number of benzene rings is 1. The predicted molar refractivity (Wildman–Crippen MR) is 116 cm³/mol. The highest BCUT2D eigenvalue weighted by Crippen LogP contribution is 2.48. The molecule has 0 bridgehead atoms. The van der Waals surface area contributed by atoms with Gasteiger partial charge in [0.1, 0.15) is 0 Å². The summed E-state index contributed by atoms with van der Waals surface area (Å²) >= 11 is 0. The Kier molecular flexibility index (Phi) is 4.95. The van der Waals surface area contributed by atoms with Crippen molar-refractivity contribution in [3.8, 4) is 0 Å². The van der Waals surface area contributed by atoms with Gasteiger partial charge in [-0.3, -0.25) is 0 Å². The lowest BCUT2D eigenvalue weighted by Gasteiger charge is -2.44.